The monoisotopic (exact) mass is 373 g/mol. The molecule has 1 saturated heterocycles. The molecule has 1 aliphatic rings. The summed E-state index contributed by atoms with van der Waals surface area (Å²) >= 11 is 1.39. The Bertz CT molecular complexity index is 746. The lowest BCUT2D eigenvalue weighted by Gasteiger charge is -2.33. The molecule has 1 aromatic carbocycles. The van der Waals surface area contributed by atoms with E-state index in [0.29, 0.717) is 22.8 Å². The highest BCUT2D eigenvalue weighted by atomic mass is 32.1. The van der Waals surface area contributed by atoms with Crippen LogP contribution in [0.3, 0.4) is 0 Å². The van der Waals surface area contributed by atoms with E-state index >= 15 is 0 Å². The van der Waals surface area contributed by atoms with Crippen LogP contribution in [0.1, 0.15) is 29.4 Å². The van der Waals surface area contributed by atoms with Crippen LogP contribution in [-0.2, 0) is 4.79 Å². The lowest BCUT2D eigenvalue weighted by molar-refractivity contribution is -0.121. The van der Waals surface area contributed by atoms with Crippen LogP contribution < -0.4 is 10.6 Å². The fraction of sp³-hybridized carbons (Fsp3) is 0.368. The molecular formula is C19H23N3O3S. The van der Waals surface area contributed by atoms with E-state index in [2.05, 4.69) is 10.6 Å². The number of aliphatic hydroxyl groups is 1. The maximum Gasteiger partial charge on any atom is 0.265 e. The van der Waals surface area contributed by atoms with E-state index in [0.717, 1.165) is 19.4 Å². The summed E-state index contributed by atoms with van der Waals surface area (Å²) < 4.78 is 0. The average Bonchev–Trinajstić information content (AvgIpc) is 3.17. The molecule has 7 heteroatoms. The van der Waals surface area contributed by atoms with Gasteiger partial charge in [0.05, 0.1) is 17.0 Å². The second kappa shape index (κ2) is 8.44. The Morgan fingerprint density at radius 1 is 1.19 bits per heavy atom. The van der Waals surface area contributed by atoms with Crippen LogP contribution in [0.5, 0.6) is 0 Å². The van der Waals surface area contributed by atoms with Crippen molar-refractivity contribution in [1.82, 2.24) is 4.90 Å². The number of thiophene rings is 1. The standard InChI is InChI=1S/C19H23N3O3S/c1-13(22-10-2-4-16(23)12-22)18(24)20-14-6-8-15(9-7-14)21-19(25)17-5-3-11-26-17/h3,5-9,11,13,16,23H,2,4,10,12H2,1H3,(H,20,24)(H,21,25)/t13-,16-/m0/s1. The maximum absolute atomic E-state index is 12.4. The van der Waals surface area contributed by atoms with Gasteiger partial charge in [0.2, 0.25) is 5.91 Å². The van der Waals surface area contributed by atoms with Crippen LogP contribution in [0.2, 0.25) is 0 Å². The summed E-state index contributed by atoms with van der Waals surface area (Å²) in [6.07, 6.45) is 1.34. The van der Waals surface area contributed by atoms with E-state index in [4.69, 9.17) is 0 Å². The van der Waals surface area contributed by atoms with Gasteiger partial charge in [-0.05, 0) is 62.0 Å². The second-order valence-electron chi connectivity index (χ2n) is 6.46. The third-order valence-corrected chi connectivity index (χ3v) is 5.38. The number of nitrogens with one attached hydrogen (secondary N) is 2. The number of nitrogens with zero attached hydrogens (tertiary/aromatic N) is 1. The Morgan fingerprint density at radius 2 is 1.88 bits per heavy atom. The topological polar surface area (TPSA) is 81.7 Å². The summed E-state index contributed by atoms with van der Waals surface area (Å²) in [4.78, 5) is 27.1. The largest absolute Gasteiger partial charge is 0.392 e. The normalized spacial score (nSPS) is 18.9. The van der Waals surface area contributed by atoms with Crippen molar-refractivity contribution in [3.63, 3.8) is 0 Å². The van der Waals surface area contributed by atoms with Gasteiger partial charge in [-0.15, -0.1) is 11.3 Å². The quantitative estimate of drug-likeness (QED) is 0.753. The number of likely N-dealkylation sites (tertiary alicyclic amines) is 1. The van der Waals surface area contributed by atoms with Gasteiger partial charge in [0, 0.05) is 17.9 Å². The molecule has 0 unspecified atom stereocenters. The average molecular weight is 373 g/mol. The molecule has 0 bridgehead atoms. The predicted octanol–water partition coefficient (Wildman–Crippen LogP) is 2.78. The number of β-amino-alcohol motifs (C(OH)–C–C–N with tert-alkyl or cyclic N) is 1. The van der Waals surface area contributed by atoms with Crippen molar-refractivity contribution in [1.29, 1.82) is 0 Å². The van der Waals surface area contributed by atoms with Crippen LogP contribution in [0.4, 0.5) is 11.4 Å². The Balaban J connectivity index is 1.55. The molecule has 2 aromatic rings. The van der Waals surface area contributed by atoms with Gasteiger partial charge < -0.3 is 15.7 Å². The highest BCUT2D eigenvalue weighted by Crippen LogP contribution is 2.18. The molecule has 3 rings (SSSR count). The number of carbonyl (C=O) groups excluding carboxylic acids is 2. The summed E-state index contributed by atoms with van der Waals surface area (Å²) in [6.45, 7) is 3.20. The molecule has 1 aliphatic heterocycles. The fourth-order valence-corrected chi connectivity index (χ4v) is 3.60. The smallest absolute Gasteiger partial charge is 0.265 e. The van der Waals surface area contributed by atoms with Crippen LogP contribution in [0.25, 0.3) is 0 Å². The zero-order valence-electron chi connectivity index (χ0n) is 14.6. The first-order valence-corrected chi connectivity index (χ1v) is 9.59. The van der Waals surface area contributed by atoms with Gasteiger partial charge in [-0.3, -0.25) is 14.5 Å². The Labute approximate surface area is 156 Å². The molecule has 0 spiro atoms. The number of piperidine rings is 1. The summed E-state index contributed by atoms with van der Waals surface area (Å²) in [7, 11) is 0. The molecule has 6 nitrogen and oxygen atoms in total. The van der Waals surface area contributed by atoms with E-state index < -0.39 is 0 Å². The molecule has 1 fully saturated rings. The van der Waals surface area contributed by atoms with Crippen LogP contribution in [0.15, 0.2) is 41.8 Å². The molecule has 2 atom stereocenters. The van der Waals surface area contributed by atoms with Gasteiger partial charge in [-0.1, -0.05) is 6.07 Å². The molecular weight excluding hydrogens is 350 g/mol. The van der Waals surface area contributed by atoms with Gasteiger partial charge in [-0.25, -0.2) is 0 Å². The molecule has 3 N–H and O–H groups in total. The van der Waals surface area contributed by atoms with E-state index in [-0.39, 0.29) is 24.0 Å². The third kappa shape index (κ3) is 4.69. The number of carbonyl (C=O) groups is 2. The molecule has 2 amide bonds. The Kier molecular flexibility index (Phi) is 6.03. The number of benzene rings is 1. The predicted molar refractivity (Wildman–Crippen MR) is 104 cm³/mol. The van der Waals surface area contributed by atoms with Gasteiger partial charge in [0.15, 0.2) is 0 Å². The molecule has 1 aromatic heterocycles. The molecule has 0 aliphatic carbocycles. The van der Waals surface area contributed by atoms with Crippen molar-refractivity contribution in [2.45, 2.75) is 31.9 Å². The van der Waals surface area contributed by atoms with Crippen molar-refractivity contribution in [3.05, 3.63) is 46.7 Å². The van der Waals surface area contributed by atoms with Gasteiger partial charge in [0.25, 0.3) is 5.91 Å². The number of rotatable bonds is 5. The highest BCUT2D eigenvalue weighted by molar-refractivity contribution is 7.12. The minimum atomic E-state index is -0.356. The third-order valence-electron chi connectivity index (χ3n) is 4.51. The molecule has 26 heavy (non-hydrogen) atoms. The van der Waals surface area contributed by atoms with E-state index in [1.165, 1.54) is 11.3 Å². The number of aliphatic hydroxyl groups excluding tert-OH is 1. The van der Waals surface area contributed by atoms with Crippen LogP contribution in [-0.4, -0.2) is 47.1 Å². The van der Waals surface area contributed by atoms with E-state index in [1.807, 2.05) is 23.3 Å². The van der Waals surface area contributed by atoms with Crippen molar-refractivity contribution in [2.24, 2.45) is 0 Å². The summed E-state index contributed by atoms with van der Waals surface area (Å²) in [6, 6.07) is 10.4. The summed E-state index contributed by atoms with van der Waals surface area (Å²) in [5, 5.41) is 17.3. The fourth-order valence-electron chi connectivity index (χ4n) is 2.98. The molecule has 138 valence electrons. The summed E-state index contributed by atoms with van der Waals surface area (Å²) in [5.74, 6) is -0.247. The zero-order valence-corrected chi connectivity index (χ0v) is 15.5. The van der Waals surface area contributed by atoms with Gasteiger partial charge in [-0.2, -0.15) is 0 Å². The molecule has 2 heterocycles. The first-order valence-electron chi connectivity index (χ1n) is 8.71. The zero-order chi connectivity index (χ0) is 18.5. The van der Waals surface area contributed by atoms with Crippen molar-refractivity contribution >= 4 is 34.5 Å². The molecule has 0 radical (unpaired) electrons. The highest BCUT2D eigenvalue weighted by Gasteiger charge is 2.26. The number of hydrogen-bond acceptors (Lipinski definition) is 5. The number of amides is 2. The first kappa shape index (κ1) is 18.6. The number of anilines is 2. The lowest BCUT2D eigenvalue weighted by Crippen LogP contribution is -2.48. The minimum absolute atomic E-state index is 0.102. The number of hydrogen-bond donors (Lipinski definition) is 3. The first-order chi connectivity index (χ1) is 12.5. The van der Waals surface area contributed by atoms with E-state index in [1.54, 1.807) is 30.3 Å². The Morgan fingerprint density at radius 3 is 2.50 bits per heavy atom. The van der Waals surface area contributed by atoms with Crippen LogP contribution in [0, 0.1) is 0 Å². The van der Waals surface area contributed by atoms with Crippen molar-refractivity contribution < 1.29 is 14.7 Å². The van der Waals surface area contributed by atoms with E-state index in [9.17, 15) is 14.7 Å². The van der Waals surface area contributed by atoms with Crippen molar-refractivity contribution in [3.8, 4) is 0 Å². The minimum Gasteiger partial charge on any atom is -0.392 e. The van der Waals surface area contributed by atoms with Gasteiger partial charge >= 0.3 is 0 Å². The lowest BCUT2D eigenvalue weighted by atomic mass is 10.1. The maximum atomic E-state index is 12.4. The SMILES string of the molecule is C[C@@H](C(=O)Nc1ccc(NC(=O)c2cccs2)cc1)N1CCC[C@H](O)C1. The van der Waals surface area contributed by atoms with Gasteiger partial charge in [0.1, 0.15) is 0 Å². The summed E-state index contributed by atoms with van der Waals surface area (Å²) in [5.41, 5.74) is 1.35. The second-order valence-corrected chi connectivity index (χ2v) is 7.41. The van der Waals surface area contributed by atoms with Crippen LogP contribution >= 0.6 is 11.3 Å². The molecule has 0 saturated carbocycles. The Hall–Kier alpha value is -2.22. The van der Waals surface area contributed by atoms with Crippen molar-refractivity contribution in [2.75, 3.05) is 23.7 Å².